The molecule has 0 saturated carbocycles. The molecule has 0 aliphatic rings. The van der Waals surface area contributed by atoms with Gasteiger partial charge in [-0.1, -0.05) is 86.5 Å². The predicted molar refractivity (Wildman–Crippen MR) is 105 cm³/mol. The second kappa shape index (κ2) is 7.83. The van der Waals surface area contributed by atoms with Gasteiger partial charge in [-0.15, -0.1) is 0 Å². The molecule has 1 nitrogen and oxygen atoms in total. The maximum atomic E-state index is 6.24. The molecule has 3 aromatic rings. The summed E-state index contributed by atoms with van der Waals surface area (Å²) in [4.78, 5) is 0. The summed E-state index contributed by atoms with van der Waals surface area (Å²) < 4.78 is 0. The summed E-state index contributed by atoms with van der Waals surface area (Å²) in [6, 6.07) is 25.5. The van der Waals surface area contributed by atoms with E-state index in [1.807, 2.05) is 12.1 Å². The van der Waals surface area contributed by atoms with Crippen LogP contribution in [0.5, 0.6) is 0 Å². The summed E-state index contributed by atoms with van der Waals surface area (Å²) in [6.45, 7) is 2.25. The van der Waals surface area contributed by atoms with Crippen molar-refractivity contribution in [1.82, 2.24) is 0 Å². The van der Waals surface area contributed by atoms with E-state index < -0.39 is 0 Å². The lowest BCUT2D eigenvalue weighted by Crippen LogP contribution is -1.95. The Bertz CT molecular complexity index is 804. The van der Waals surface area contributed by atoms with E-state index in [1.165, 1.54) is 41.5 Å². The van der Waals surface area contributed by atoms with Crippen molar-refractivity contribution >= 4 is 5.69 Å². The number of benzene rings is 3. The van der Waals surface area contributed by atoms with Crippen LogP contribution in [0, 0.1) is 0 Å². The van der Waals surface area contributed by atoms with Gasteiger partial charge in [0.05, 0.1) is 0 Å². The molecule has 24 heavy (non-hydrogen) atoms. The topological polar surface area (TPSA) is 26.0 Å². The molecule has 3 aromatic carbocycles. The summed E-state index contributed by atoms with van der Waals surface area (Å²) >= 11 is 0. The van der Waals surface area contributed by atoms with Crippen molar-refractivity contribution in [1.29, 1.82) is 0 Å². The Morgan fingerprint density at radius 1 is 0.625 bits per heavy atom. The first-order valence-corrected chi connectivity index (χ1v) is 8.83. The monoisotopic (exact) mass is 315 g/mol. The Labute approximate surface area is 145 Å². The Hall–Kier alpha value is -2.54. The number of nitrogen functional groups attached to an aromatic ring is 1. The Balaban J connectivity index is 2.07. The highest BCUT2D eigenvalue weighted by Gasteiger charge is 2.11. The van der Waals surface area contributed by atoms with Crippen LogP contribution in [0.4, 0.5) is 5.69 Å². The van der Waals surface area contributed by atoms with Crippen molar-refractivity contribution in [2.45, 2.75) is 32.6 Å². The van der Waals surface area contributed by atoms with E-state index in [0.717, 1.165) is 17.7 Å². The molecular formula is C23H25N. The van der Waals surface area contributed by atoms with Crippen LogP contribution in [-0.4, -0.2) is 0 Å². The van der Waals surface area contributed by atoms with Crippen molar-refractivity contribution in [2.75, 3.05) is 5.73 Å². The van der Waals surface area contributed by atoms with Crippen molar-refractivity contribution in [3.05, 3.63) is 78.4 Å². The minimum absolute atomic E-state index is 0.827. The van der Waals surface area contributed by atoms with Gasteiger partial charge >= 0.3 is 0 Å². The second-order valence-corrected chi connectivity index (χ2v) is 6.25. The van der Waals surface area contributed by atoms with Crippen LogP contribution in [0.15, 0.2) is 72.8 Å². The smallest absolute Gasteiger partial charge is 0.0393 e. The highest BCUT2D eigenvalue weighted by Crippen LogP contribution is 2.36. The first-order valence-electron chi connectivity index (χ1n) is 8.83. The predicted octanol–water partition coefficient (Wildman–Crippen LogP) is 6.34. The van der Waals surface area contributed by atoms with Crippen molar-refractivity contribution < 1.29 is 0 Å². The first kappa shape index (κ1) is 16.3. The van der Waals surface area contributed by atoms with E-state index in [9.17, 15) is 0 Å². The minimum Gasteiger partial charge on any atom is -0.398 e. The van der Waals surface area contributed by atoms with Gasteiger partial charge in [-0.25, -0.2) is 0 Å². The van der Waals surface area contributed by atoms with Gasteiger partial charge in [0.1, 0.15) is 0 Å². The van der Waals surface area contributed by atoms with E-state index in [0.29, 0.717) is 0 Å². The van der Waals surface area contributed by atoms with E-state index in [2.05, 4.69) is 67.6 Å². The SMILES string of the molecule is CCCCCc1ccccc1-c1ccccc1-c1ccccc1N. The number of nitrogens with two attached hydrogens (primary N) is 1. The lowest BCUT2D eigenvalue weighted by molar-refractivity contribution is 0.718. The third-order valence-electron chi connectivity index (χ3n) is 4.54. The fraction of sp³-hybridized carbons (Fsp3) is 0.217. The average molecular weight is 315 g/mol. The number of aryl methyl sites for hydroxylation is 1. The number of para-hydroxylation sites is 1. The van der Waals surface area contributed by atoms with Crippen molar-refractivity contribution in [3.8, 4) is 22.3 Å². The molecule has 1 heteroatoms. The minimum atomic E-state index is 0.827. The van der Waals surface area contributed by atoms with Gasteiger partial charge in [0.25, 0.3) is 0 Å². The number of unbranched alkanes of at least 4 members (excludes halogenated alkanes) is 2. The molecule has 0 amide bonds. The van der Waals surface area contributed by atoms with Gasteiger partial charge in [0.2, 0.25) is 0 Å². The van der Waals surface area contributed by atoms with E-state index in [-0.39, 0.29) is 0 Å². The van der Waals surface area contributed by atoms with Gasteiger partial charge in [-0.3, -0.25) is 0 Å². The maximum Gasteiger partial charge on any atom is 0.0393 e. The Kier molecular flexibility index (Phi) is 5.32. The summed E-state index contributed by atoms with van der Waals surface area (Å²) in [6.07, 6.45) is 4.90. The molecule has 0 atom stereocenters. The zero-order valence-corrected chi connectivity index (χ0v) is 14.3. The largest absolute Gasteiger partial charge is 0.398 e. The molecule has 0 saturated heterocycles. The van der Waals surface area contributed by atoms with Crippen LogP contribution < -0.4 is 5.73 Å². The molecule has 0 fully saturated rings. The molecule has 0 heterocycles. The van der Waals surface area contributed by atoms with Crippen LogP contribution in [0.3, 0.4) is 0 Å². The zero-order valence-electron chi connectivity index (χ0n) is 14.3. The van der Waals surface area contributed by atoms with Gasteiger partial charge in [-0.2, -0.15) is 0 Å². The van der Waals surface area contributed by atoms with Crippen LogP contribution >= 0.6 is 0 Å². The number of rotatable bonds is 6. The van der Waals surface area contributed by atoms with Gasteiger partial charge in [0, 0.05) is 11.3 Å². The third-order valence-corrected chi connectivity index (χ3v) is 4.54. The van der Waals surface area contributed by atoms with E-state index in [1.54, 1.807) is 0 Å². The standard InChI is InChI=1S/C23H25N/c1-2-3-4-11-18-12-5-6-13-19(18)20-14-7-8-15-21(20)22-16-9-10-17-23(22)24/h5-10,12-17H,2-4,11,24H2,1H3. The second-order valence-electron chi connectivity index (χ2n) is 6.25. The molecule has 0 aliphatic heterocycles. The van der Waals surface area contributed by atoms with Crippen molar-refractivity contribution in [2.24, 2.45) is 0 Å². The van der Waals surface area contributed by atoms with Crippen LogP contribution in [0.2, 0.25) is 0 Å². The Morgan fingerprint density at radius 3 is 1.83 bits per heavy atom. The molecule has 0 aliphatic carbocycles. The molecule has 122 valence electrons. The fourth-order valence-electron chi connectivity index (χ4n) is 3.26. The molecule has 0 unspecified atom stereocenters. The van der Waals surface area contributed by atoms with Crippen LogP contribution in [0.1, 0.15) is 31.7 Å². The summed E-state index contributed by atoms with van der Waals surface area (Å²) in [7, 11) is 0. The van der Waals surface area contributed by atoms with E-state index in [4.69, 9.17) is 5.73 Å². The summed E-state index contributed by atoms with van der Waals surface area (Å²) in [5, 5.41) is 0. The molecule has 0 spiro atoms. The highest BCUT2D eigenvalue weighted by molar-refractivity contribution is 5.89. The first-order chi connectivity index (χ1) is 11.8. The summed E-state index contributed by atoms with van der Waals surface area (Å²) in [5.74, 6) is 0. The normalized spacial score (nSPS) is 10.7. The molecule has 0 aromatic heterocycles. The van der Waals surface area contributed by atoms with Crippen molar-refractivity contribution in [3.63, 3.8) is 0 Å². The molecule has 0 bridgehead atoms. The lowest BCUT2D eigenvalue weighted by atomic mass is 9.90. The van der Waals surface area contributed by atoms with Gasteiger partial charge < -0.3 is 5.73 Å². The number of hydrogen-bond donors (Lipinski definition) is 1. The lowest BCUT2D eigenvalue weighted by Gasteiger charge is -2.15. The quantitative estimate of drug-likeness (QED) is 0.417. The van der Waals surface area contributed by atoms with Gasteiger partial charge in [0.15, 0.2) is 0 Å². The van der Waals surface area contributed by atoms with Crippen LogP contribution in [-0.2, 0) is 6.42 Å². The highest BCUT2D eigenvalue weighted by atomic mass is 14.6. The average Bonchev–Trinajstić information content (AvgIpc) is 2.63. The van der Waals surface area contributed by atoms with Crippen LogP contribution in [0.25, 0.3) is 22.3 Å². The Morgan fingerprint density at radius 2 is 1.17 bits per heavy atom. The molecule has 2 N–H and O–H groups in total. The summed E-state index contributed by atoms with van der Waals surface area (Å²) in [5.41, 5.74) is 13.4. The number of hydrogen-bond acceptors (Lipinski definition) is 1. The number of anilines is 1. The fourth-order valence-corrected chi connectivity index (χ4v) is 3.26. The third kappa shape index (κ3) is 3.51. The van der Waals surface area contributed by atoms with Gasteiger partial charge in [-0.05, 0) is 41.2 Å². The van der Waals surface area contributed by atoms with E-state index >= 15 is 0 Å². The molecular weight excluding hydrogens is 290 g/mol. The molecule has 3 rings (SSSR count). The molecule has 0 radical (unpaired) electrons. The zero-order chi connectivity index (χ0) is 16.8. The maximum absolute atomic E-state index is 6.24.